The van der Waals surface area contributed by atoms with Crippen molar-refractivity contribution in [2.45, 2.75) is 38.5 Å². The predicted octanol–water partition coefficient (Wildman–Crippen LogP) is 3.40. The Labute approximate surface area is 100 Å². The third-order valence-corrected chi connectivity index (χ3v) is 3.82. The van der Waals surface area contributed by atoms with Gasteiger partial charge in [0, 0.05) is 0 Å². The van der Waals surface area contributed by atoms with Crippen LogP contribution in [0.25, 0.3) is 0 Å². The number of hydrogen-bond donors (Lipinski definition) is 1. The summed E-state index contributed by atoms with van der Waals surface area (Å²) in [5.74, 6) is -0.917. The maximum Gasteiger partial charge on any atom is 0.309 e. The van der Waals surface area contributed by atoms with E-state index in [0.717, 1.165) is 31.2 Å². The second-order valence-electron chi connectivity index (χ2n) is 4.92. The van der Waals surface area contributed by atoms with E-state index in [-0.39, 0.29) is 5.82 Å². The van der Waals surface area contributed by atoms with E-state index in [1.165, 1.54) is 12.1 Å². The highest BCUT2D eigenvalue weighted by Crippen LogP contribution is 2.42. The van der Waals surface area contributed by atoms with Gasteiger partial charge in [0.15, 0.2) is 0 Å². The summed E-state index contributed by atoms with van der Waals surface area (Å²) in [6.45, 7) is 0. The van der Waals surface area contributed by atoms with Gasteiger partial charge in [-0.3, -0.25) is 4.79 Å². The molecule has 2 nitrogen and oxygen atoms in total. The maximum atomic E-state index is 12.7. The average Bonchev–Trinajstić information content (AvgIpc) is 2.78. The molecule has 0 unspecified atom stereocenters. The summed E-state index contributed by atoms with van der Waals surface area (Å²) < 4.78 is 12.7. The Morgan fingerprint density at radius 2 is 1.82 bits per heavy atom. The molecule has 17 heavy (non-hydrogen) atoms. The van der Waals surface area contributed by atoms with Crippen molar-refractivity contribution in [3.8, 4) is 0 Å². The van der Waals surface area contributed by atoms with Gasteiger partial charge in [0.25, 0.3) is 0 Å². The van der Waals surface area contributed by atoms with Gasteiger partial charge in [-0.05, 0) is 43.4 Å². The molecular formula is C14H17FO2. The van der Waals surface area contributed by atoms with Gasteiger partial charge >= 0.3 is 5.97 Å². The van der Waals surface area contributed by atoms with Gasteiger partial charge in [0.1, 0.15) is 5.82 Å². The summed E-state index contributed by atoms with van der Waals surface area (Å²) in [5.41, 5.74) is 0.480. The third-order valence-electron chi connectivity index (χ3n) is 3.82. The first-order valence-electron chi connectivity index (χ1n) is 6.10. The van der Waals surface area contributed by atoms with Crippen LogP contribution < -0.4 is 0 Å². The van der Waals surface area contributed by atoms with Gasteiger partial charge < -0.3 is 5.11 Å². The van der Waals surface area contributed by atoms with Crippen LogP contribution in [-0.2, 0) is 11.2 Å². The van der Waals surface area contributed by atoms with Crippen LogP contribution in [0.3, 0.4) is 0 Å². The van der Waals surface area contributed by atoms with Crippen LogP contribution in [0.5, 0.6) is 0 Å². The quantitative estimate of drug-likeness (QED) is 0.869. The van der Waals surface area contributed by atoms with E-state index in [0.29, 0.717) is 12.8 Å². The van der Waals surface area contributed by atoms with Crippen LogP contribution in [0.2, 0.25) is 0 Å². The van der Waals surface area contributed by atoms with Gasteiger partial charge in [-0.25, -0.2) is 4.39 Å². The van der Waals surface area contributed by atoms with E-state index in [1.807, 2.05) is 0 Å². The van der Waals surface area contributed by atoms with Crippen molar-refractivity contribution < 1.29 is 14.3 Å². The lowest BCUT2D eigenvalue weighted by atomic mass is 9.80. The van der Waals surface area contributed by atoms with Gasteiger partial charge in [-0.15, -0.1) is 0 Å². The molecule has 0 radical (unpaired) electrons. The largest absolute Gasteiger partial charge is 0.481 e. The standard InChI is InChI=1S/C14H17FO2/c15-12-5-3-11(4-6-12)7-10-14(13(16)17)8-1-2-9-14/h3-6H,1-2,7-10H2,(H,16,17). The lowest BCUT2D eigenvalue weighted by Crippen LogP contribution is -2.28. The SMILES string of the molecule is O=C(O)C1(CCc2ccc(F)cc2)CCCC1. The first-order chi connectivity index (χ1) is 8.12. The smallest absolute Gasteiger partial charge is 0.309 e. The zero-order valence-corrected chi connectivity index (χ0v) is 9.79. The van der Waals surface area contributed by atoms with Crippen LogP contribution in [0.15, 0.2) is 24.3 Å². The molecule has 0 saturated heterocycles. The van der Waals surface area contributed by atoms with Gasteiger partial charge in [0.2, 0.25) is 0 Å². The molecule has 0 aromatic heterocycles. The molecule has 0 aliphatic heterocycles. The van der Waals surface area contributed by atoms with Crippen LogP contribution in [0.1, 0.15) is 37.7 Å². The minimum Gasteiger partial charge on any atom is -0.481 e. The molecule has 0 atom stereocenters. The Morgan fingerprint density at radius 3 is 2.35 bits per heavy atom. The molecule has 0 amide bonds. The van der Waals surface area contributed by atoms with E-state index in [2.05, 4.69) is 0 Å². The molecule has 92 valence electrons. The molecule has 1 fully saturated rings. The monoisotopic (exact) mass is 236 g/mol. The number of rotatable bonds is 4. The average molecular weight is 236 g/mol. The molecule has 1 aliphatic rings. The van der Waals surface area contributed by atoms with Crippen molar-refractivity contribution in [2.24, 2.45) is 5.41 Å². The molecule has 0 spiro atoms. The Balaban J connectivity index is 2.00. The Bertz CT molecular complexity index is 391. The highest BCUT2D eigenvalue weighted by atomic mass is 19.1. The molecule has 1 aromatic rings. The molecular weight excluding hydrogens is 219 g/mol. The third kappa shape index (κ3) is 2.65. The van der Waals surface area contributed by atoms with Crippen molar-refractivity contribution in [1.29, 1.82) is 0 Å². The highest BCUT2D eigenvalue weighted by molar-refractivity contribution is 5.75. The number of benzene rings is 1. The summed E-state index contributed by atoms with van der Waals surface area (Å²) in [6.07, 6.45) is 4.96. The number of aliphatic carboxylic acids is 1. The summed E-state index contributed by atoms with van der Waals surface area (Å²) >= 11 is 0. The maximum absolute atomic E-state index is 12.7. The Morgan fingerprint density at radius 1 is 1.24 bits per heavy atom. The van der Waals surface area contributed by atoms with E-state index >= 15 is 0 Å². The van der Waals surface area contributed by atoms with Crippen molar-refractivity contribution in [3.05, 3.63) is 35.6 Å². The van der Waals surface area contributed by atoms with E-state index in [9.17, 15) is 14.3 Å². The first-order valence-corrected chi connectivity index (χ1v) is 6.10. The first kappa shape index (κ1) is 12.1. The fourth-order valence-corrected chi connectivity index (χ4v) is 2.66. The highest BCUT2D eigenvalue weighted by Gasteiger charge is 2.40. The van der Waals surface area contributed by atoms with Crippen molar-refractivity contribution in [2.75, 3.05) is 0 Å². The molecule has 1 aliphatic carbocycles. The summed E-state index contributed by atoms with van der Waals surface area (Å²) in [6, 6.07) is 6.33. The molecule has 2 rings (SSSR count). The molecule has 0 heterocycles. The molecule has 0 bridgehead atoms. The zero-order chi connectivity index (χ0) is 12.3. The number of aryl methyl sites for hydroxylation is 1. The molecule has 1 aromatic carbocycles. The summed E-state index contributed by atoms with van der Waals surface area (Å²) in [4.78, 5) is 11.3. The van der Waals surface area contributed by atoms with Crippen LogP contribution >= 0.6 is 0 Å². The molecule has 3 heteroatoms. The lowest BCUT2D eigenvalue weighted by Gasteiger charge is -2.23. The second-order valence-corrected chi connectivity index (χ2v) is 4.92. The Kier molecular flexibility index (Phi) is 3.46. The second kappa shape index (κ2) is 4.86. The summed E-state index contributed by atoms with van der Waals surface area (Å²) in [5, 5.41) is 9.33. The van der Waals surface area contributed by atoms with Crippen LogP contribution in [0.4, 0.5) is 4.39 Å². The van der Waals surface area contributed by atoms with E-state index < -0.39 is 11.4 Å². The fraction of sp³-hybridized carbons (Fsp3) is 0.500. The number of hydrogen-bond acceptors (Lipinski definition) is 1. The minimum absolute atomic E-state index is 0.248. The number of carboxylic acid groups (broad SMARTS) is 1. The van der Waals surface area contributed by atoms with Crippen LogP contribution in [0, 0.1) is 11.2 Å². The van der Waals surface area contributed by atoms with Gasteiger partial charge in [0.05, 0.1) is 5.41 Å². The van der Waals surface area contributed by atoms with Crippen molar-refractivity contribution in [3.63, 3.8) is 0 Å². The minimum atomic E-state index is -0.669. The van der Waals surface area contributed by atoms with Crippen molar-refractivity contribution in [1.82, 2.24) is 0 Å². The summed E-state index contributed by atoms with van der Waals surface area (Å²) in [7, 11) is 0. The fourth-order valence-electron chi connectivity index (χ4n) is 2.66. The molecule has 1 N–H and O–H groups in total. The number of carbonyl (C=O) groups is 1. The number of halogens is 1. The normalized spacial score (nSPS) is 18.2. The van der Waals surface area contributed by atoms with E-state index in [4.69, 9.17) is 0 Å². The van der Waals surface area contributed by atoms with Crippen molar-refractivity contribution >= 4 is 5.97 Å². The number of carboxylic acids is 1. The predicted molar refractivity (Wildman–Crippen MR) is 63.3 cm³/mol. The van der Waals surface area contributed by atoms with Crippen LogP contribution in [-0.4, -0.2) is 11.1 Å². The topological polar surface area (TPSA) is 37.3 Å². The van der Waals surface area contributed by atoms with Gasteiger partial charge in [-0.1, -0.05) is 25.0 Å². The zero-order valence-electron chi connectivity index (χ0n) is 9.79. The van der Waals surface area contributed by atoms with Gasteiger partial charge in [-0.2, -0.15) is 0 Å². The van der Waals surface area contributed by atoms with E-state index in [1.54, 1.807) is 12.1 Å². The Hall–Kier alpha value is -1.38. The molecule has 1 saturated carbocycles. The lowest BCUT2D eigenvalue weighted by molar-refractivity contribution is -0.149.